The van der Waals surface area contributed by atoms with Crippen molar-refractivity contribution in [3.63, 3.8) is 0 Å². The number of rotatable bonds is 5. The molecule has 1 N–H and O–H groups in total. The molecule has 1 aliphatic heterocycles. The Balaban J connectivity index is 1.55. The van der Waals surface area contributed by atoms with E-state index in [1.807, 2.05) is 55.5 Å². The molecule has 1 fully saturated rings. The molecule has 0 bridgehead atoms. The molecular weight excluding hydrogens is 462 g/mol. The molecule has 2 aromatic carbocycles. The van der Waals surface area contributed by atoms with Crippen molar-refractivity contribution in [1.82, 2.24) is 5.32 Å². The third kappa shape index (κ3) is 4.74. The van der Waals surface area contributed by atoms with Crippen molar-refractivity contribution in [1.29, 1.82) is 0 Å². The van der Waals surface area contributed by atoms with Crippen molar-refractivity contribution in [3.8, 4) is 5.75 Å². The molecule has 35 heavy (non-hydrogen) atoms. The van der Waals surface area contributed by atoms with Gasteiger partial charge in [0.1, 0.15) is 11.9 Å². The molecule has 6 heteroatoms. The molecule has 0 saturated heterocycles. The van der Waals surface area contributed by atoms with Crippen LogP contribution >= 0.6 is 11.6 Å². The van der Waals surface area contributed by atoms with Crippen LogP contribution in [0.5, 0.6) is 5.75 Å². The van der Waals surface area contributed by atoms with Gasteiger partial charge < -0.3 is 14.8 Å². The number of dihydropyridines is 1. The highest BCUT2D eigenvalue weighted by atomic mass is 35.5. The molecule has 2 aliphatic carbocycles. The van der Waals surface area contributed by atoms with E-state index in [2.05, 4.69) is 5.32 Å². The average molecular weight is 492 g/mol. The number of methoxy groups -OCH3 is 1. The molecule has 0 unspecified atom stereocenters. The largest absolute Gasteiger partial charge is 0.497 e. The Morgan fingerprint density at radius 1 is 1.03 bits per heavy atom. The van der Waals surface area contributed by atoms with Crippen LogP contribution in [0.25, 0.3) is 0 Å². The van der Waals surface area contributed by atoms with Crippen molar-refractivity contribution in [2.75, 3.05) is 7.11 Å². The highest BCUT2D eigenvalue weighted by Crippen LogP contribution is 2.46. The summed E-state index contributed by atoms with van der Waals surface area (Å²) in [6, 6.07) is 15.3. The summed E-state index contributed by atoms with van der Waals surface area (Å²) in [4.78, 5) is 27.2. The van der Waals surface area contributed by atoms with Gasteiger partial charge in [0.15, 0.2) is 5.78 Å². The van der Waals surface area contributed by atoms with Crippen LogP contribution in [0.1, 0.15) is 68.4 Å². The lowest BCUT2D eigenvalue weighted by atomic mass is 9.71. The number of halogens is 1. The number of nitrogens with one attached hydrogen (secondary N) is 1. The smallest absolute Gasteiger partial charge is 0.337 e. The first-order chi connectivity index (χ1) is 16.9. The molecular formula is C29H30ClNO4. The zero-order valence-corrected chi connectivity index (χ0v) is 20.9. The van der Waals surface area contributed by atoms with Gasteiger partial charge >= 0.3 is 5.97 Å². The summed E-state index contributed by atoms with van der Waals surface area (Å²) < 4.78 is 11.4. The zero-order valence-electron chi connectivity index (χ0n) is 20.1. The van der Waals surface area contributed by atoms with Crippen molar-refractivity contribution in [3.05, 3.63) is 87.2 Å². The highest BCUT2D eigenvalue weighted by Gasteiger charge is 2.42. The Labute approximate surface area is 211 Å². The number of Topliss-reactive ketones (excluding diaryl/α,β-unsaturated/α-hetero) is 1. The fourth-order valence-corrected chi connectivity index (χ4v) is 5.78. The van der Waals surface area contributed by atoms with Crippen molar-refractivity contribution in [2.45, 2.75) is 63.4 Å². The lowest BCUT2D eigenvalue weighted by Gasteiger charge is -2.37. The maximum absolute atomic E-state index is 13.7. The molecule has 1 heterocycles. The van der Waals surface area contributed by atoms with Gasteiger partial charge in [-0.3, -0.25) is 4.79 Å². The van der Waals surface area contributed by atoms with Crippen LogP contribution in [-0.4, -0.2) is 25.0 Å². The third-order valence-corrected chi connectivity index (χ3v) is 7.64. The lowest BCUT2D eigenvalue weighted by molar-refractivity contribution is -0.144. The Morgan fingerprint density at radius 3 is 2.49 bits per heavy atom. The SMILES string of the molecule is COc1cccc([C@@H]2C(C(=O)OC3CCCC3)=C(C)NC3=C2C(=O)C[C@H](c2ccc(Cl)cc2)C3)c1. The maximum atomic E-state index is 13.7. The summed E-state index contributed by atoms with van der Waals surface area (Å²) in [7, 11) is 1.62. The lowest BCUT2D eigenvalue weighted by Crippen LogP contribution is -2.36. The molecule has 3 aliphatic rings. The van der Waals surface area contributed by atoms with Crippen LogP contribution < -0.4 is 10.1 Å². The van der Waals surface area contributed by atoms with Gasteiger partial charge in [0, 0.05) is 34.3 Å². The van der Waals surface area contributed by atoms with Crippen LogP contribution in [0.15, 0.2) is 71.1 Å². The van der Waals surface area contributed by atoms with Gasteiger partial charge in [-0.1, -0.05) is 35.9 Å². The van der Waals surface area contributed by atoms with Crippen LogP contribution in [0.2, 0.25) is 5.02 Å². The predicted octanol–water partition coefficient (Wildman–Crippen LogP) is 6.20. The number of benzene rings is 2. The Hall–Kier alpha value is -3.05. The molecule has 1 saturated carbocycles. The van der Waals surface area contributed by atoms with Crippen LogP contribution in [0, 0.1) is 0 Å². The first-order valence-electron chi connectivity index (χ1n) is 12.3. The zero-order chi connectivity index (χ0) is 24.5. The maximum Gasteiger partial charge on any atom is 0.337 e. The first-order valence-corrected chi connectivity index (χ1v) is 12.7. The molecule has 2 atom stereocenters. The van der Waals surface area contributed by atoms with Gasteiger partial charge in [0.2, 0.25) is 0 Å². The molecule has 5 nitrogen and oxygen atoms in total. The summed E-state index contributed by atoms with van der Waals surface area (Å²) in [5.74, 6) is -0.0450. The second-order valence-corrected chi connectivity index (χ2v) is 10.1. The summed E-state index contributed by atoms with van der Waals surface area (Å²) in [6.45, 7) is 1.90. The summed E-state index contributed by atoms with van der Waals surface area (Å²) in [5.41, 5.74) is 4.74. The molecule has 0 aromatic heterocycles. The molecule has 2 aromatic rings. The van der Waals surface area contributed by atoms with E-state index in [0.29, 0.717) is 34.8 Å². The quantitative estimate of drug-likeness (QED) is 0.505. The van der Waals surface area contributed by atoms with Crippen molar-refractivity contribution < 1.29 is 19.1 Å². The van der Waals surface area contributed by atoms with E-state index in [1.54, 1.807) is 7.11 Å². The summed E-state index contributed by atoms with van der Waals surface area (Å²) >= 11 is 6.08. The van der Waals surface area contributed by atoms with Crippen molar-refractivity contribution >= 4 is 23.4 Å². The van der Waals surface area contributed by atoms with Gasteiger partial charge in [0.25, 0.3) is 0 Å². The van der Waals surface area contributed by atoms with E-state index in [0.717, 1.165) is 48.2 Å². The summed E-state index contributed by atoms with van der Waals surface area (Å²) in [5, 5.41) is 4.10. The molecule has 0 amide bonds. The molecule has 5 rings (SSSR count). The average Bonchev–Trinajstić information content (AvgIpc) is 3.36. The topological polar surface area (TPSA) is 64.6 Å². The van der Waals surface area contributed by atoms with Gasteiger partial charge in [0.05, 0.1) is 12.7 Å². The van der Waals surface area contributed by atoms with Crippen molar-refractivity contribution in [2.24, 2.45) is 0 Å². The number of carbonyl (C=O) groups is 2. The first kappa shape index (κ1) is 23.7. The monoisotopic (exact) mass is 491 g/mol. The standard InChI is InChI=1S/C29H30ClNO4/c1-17-26(29(33)35-22-7-3-4-8-22)27(19-6-5-9-23(14-19)34-2)28-24(31-17)15-20(16-25(28)32)18-10-12-21(30)13-11-18/h5-6,9-14,20,22,27,31H,3-4,7-8,15-16H2,1-2H3/t20-,27-/m1/s1. The number of ketones is 1. The van der Waals surface area contributed by atoms with Crippen LogP contribution in [0.4, 0.5) is 0 Å². The minimum absolute atomic E-state index is 0.0465. The number of ether oxygens (including phenoxy) is 2. The second kappa shape index (κ2) is 9.90. The Bertz CT molecular complexity index is 1210. The van der Waals surface area contributed by atoms with E-state index in [9.17, 15) is 9.59 Å². The predicted molar refractivity (Wildman–Crippen MR) is 135 cm³/mol. The number of hydrogen-bond donors (Lipinski definition) is 1. The van der Waals surface area contributed by atoms with E-state index in [-0.39, 0.29) is 23.8 Å². The third-order valence-electron chi connectivity index (χ3n) is 7.39. The Morgan fingerprint density at radius 2 is 1.77 bits per heavy atom. The van der Waals surface area contributed by atoms with E-state index in [1.165, 1.54) is 0 Å². The molecule has 0 radical (unpaired) electrons. The summed E-state index contributed by atoms with van der Waals surface area (Å²) in [6.07, 6.45) is 4.95. The van der Waals surface area contributed by atoms with Gasteiger partial charge in [-0.15, -0.1) is 0 Å². The Kier molecular flexibility index (Phi) is 6.70. The number of esters is 1. The van der Waals surface area contributed by atoms with Crippen LogP contribution in [0.3, 0.4) is 0 Å². The van der Waals surface area contributed by atoms with Gasteiger partial charge in [-0.2, -0.15) is 0 Å². The normalized spacial score (nSPS) is 22.7. The number of hydrogen-bond acceptors (Lipinski definition) is 5. The second-order valence-electron chi connectivity index (χ2n) is 9.66. The van der Waals surface area contributed by atoms with E-state index < -0.39 is 5.92 Å². The van der Waals surface area contributed by atoms with Crippen LogP contribution in [-0.2, 0) is 14.3 Å². The number of allylic oxidation sites excluding steroid dienone is 3. The molecule has 182 valence electrons. The van der Waals surface area contributed by atoms with E-state index in [4.69, 9.17) is 21.1 Å². The van der Waals surface area contributed by atoms with E-state index >= 15 is 0 Å². The minimum atomic E-state index is -0.492. The van der Waals surface area contributed by atoms with Gasteiger partial charge in [-0.25, -0.2) is 4.79 Å². The fraction of sp³-hybridized carbons (Fsp3) is 0.379. The molecule has 0 spiro atoms. The minimum Gasteiger partial charge on any atom is -0.497 e. The highest BCUT2D eigenvalue weighted by molar-refractivity contribution is 6.30. The van der Waals surface area contributed by atoms with Gasteiger partial charge in [-0.05, 0) is 80.3 Å². The number of carbonyl (C=O) groups excluding carboxylic acids is 2. The fourth-order valence-electron chi connectivity index (χ4n) is 5.66.